The number of amidine groups is 2. The van der Waals surface area contributed by atoms with E-state index < -0.39 is 5.91 Å². The summed E-state index contributed by atoms with van der Waals surface area (Å²) in [5.74, 6) is 1.04. The number of carbonyl (C=O) groups is 1. The van der Waals surface area contributed by atoms with Crippen molar-refractivity contribution in [1.29, 1.82) is 5.41 Å². The van der Waals surface area contributed by atoms with Crippen LogP contribution in [0.4, 0.5) is 0 Å². The summed E-state index contributed by atoms with van der Waals surface area (Å²) in [5.41, 5.74) is 3.47. The lowest BCUT2D eigenvalue weighted by atomic mass is 9.99. The van der Waals surface area contributed by atoms with E-state index in [0.29, 0.717) is 24.2 Å². The van der Waals surface area contributed by atoms with Gasteiger partial charge in [-0.3, -0.25) is 10.2 Å². The van der Waals surface area contributed by atoms with Gasteiger partial charge in [0.15, 0.2) is 5.84 Å². The van der Waals surface area contributed by atoms with E-state index in [4.69, 9.17) is 10.1 Å². The Hall–Kier alpha value is -3.65. The molecular weight excluding hydrogens is 470 g/mol. The lowest BCUT2D eigenvalue weighted by Crippen LogP contribution is -2.35. The van der Waals surface area contributed by atoms with Gasteiger partial charge in [-0.15, -0.1) is 0 Å². The summed E-state index contributed by atoms with van der Waals surface area (Å²) in [7, 11) is 0. The Morgan fingerprint density at radius 2 is 1.92 bits per heavy atom. The highest BCUT2D eigenvalue weighted by atomic mass is 32.2. The number of aliphatic imine (C=N–C) groups is 1. The van der Waals surface area contributed by atoms with Gasteiger partial charge in [0.05, 0.1) is 12.1 Å². The van der Waals surface area contributed by atoms with E-state index in [2.05, 4.69) is 46.7 Å². The Bertz CT molecular complexity index is 1420. The van der Waals surface area contributed by atoms with Gasteiger partial charge in [-0.25, -0.2) is 0 Å². The van der Waals surface area contributed by atoms with E-state index in [1.54, 1.807) is 6.08 Å². The first-order chi connectivity index (χ1) is 17.5. The van der Waals surface area contributed by atoms with Crippen LogP contribution in [0, 0.1) is 5.41 Å². The average Bonchev–Trinajstić information content (AvgIpc) is 3.48. The predicted molar refractivity (Wildman–Crippen MR) is 148 cm³/mol. The van der Waals surface area contributed by atoms with Crippen LogP contribution in [0.3, 0.4) is 0 Å². The fourth-order valence-corrected chi connectivity index (χ4v) is 5.12. The number of hydrogen-bond donors (Lipinski definition) is 1. The topological polar surface area (TPSA) is 83.0 Å². The van der Waals surface area contributed by atoms with Crippen molar-refractivity contribution in [2.75, 3.05) is 6.61 Å². The second kappa shape index (κ2) is 10.1. The highest BCUT2D eigenvalue weighted by molar-refractivity contribution is 8.26. The van der Waals surface area contributed by atoms with E-state index in [1.165, 1.54) is 22.3 Å². The van der Waals surface area contributed by atoms with Gasteiger partial charge in [0.2, 0.25) is 5.17 Å². The summed E-state index contributed by atoms with van der Waals surface area (Å²) in [6.45, 7) is 7.58. The van der Waals surface area contributed by atoms with Crippen molar-refractivity contribution in [3.05, 3.63) is 71.4 Å². The van der Waals surface area contributed by atoms with Crippen LogP contribution in [-0.4, -0.2) is 38.1 Å². The molecule has 2 aliphatic rings. The summed E-state index contributed by atoms with van der Waals surface area (Å²) < 4.78 is 8.15. The number of carbonyl (C=O) groups excluding carboxylic acids is 1. The van der Waals surface area contributed by atoms with Gasteiger partial charge < -0.3 is 9.30 Å². The number of amides is 1. The van der Waals surface area contributed by atoms with Crippen LogP contribution in [0.2, 0.25) is 0 Å². The van der Waals surface area contributed by atoms with Crippen molar-refractivity contribution in [2.24, 2.45) is 10.1 Å². The smallest absolute Gasteiger partial charge is 0.283 e. The molecule has 1 aromatic heterocycles. The average molecular weight is 500 g/mol. The lowest BCUT2D eigenvalue weighted by Gasteiger charge is -2.20. The van der Waals surface area contributed by atoms with Gasteiger partial charge in [0.25, 0.3) is 5.91 Å². The number of fused-ring (bicyclic) bond motifs is 2. The van der Waals surface area contributed by atoms with E-state index in [-0.39, 0.29) is 11.4 Å². The summed E-state index contributed by atoms with van der Waals surface area (Å²) in [5, 5.41) is 16.8. The van der Waals surface area contributed by atoms with Gasteiger partial charge >= 0.3 is 0 Å². The molecule has 1 unspecified atom stereocenters. The summed E-state index contributed by atoms with van der Waals surface area (Å²) in [4.78, 5) is 17.0. The Balaban J connectivity index is 1.36. The summed E-state index contributed by atoms with van der Waals surface area (Å²) in [6.07, 6.45) is 5.61. The first-order valence-corrected chi connectivity index (χ1v) is 13.1. The Morgan fingerprint density at radius 1 is 1.14 bits per heavy atom. The Morgan fingerprint density at radius 3 is 2.67 bits per heavy atom. The van der Waals surface area contributed by atoms with Crippen molar-refractivity contribution in [2.45, 2.75) is 46.1 Å². The summed E-state index contributed by atoms with van der Waals surface area (Å²) in [6, 6.07) is 16.4. The van der Waals surface area contributed by atoms with Crippen molar-refractivity contribution >= 4 is 50.7 Å². The van der Waals surface area contributed by atoms with Crippen LogP contribution in [0.15, 0.2) is 70.4 Å². The molecule has 7 nitrogen and oxygen atoms in total. The standard InChI is InChI=1S/C28H29N5O2S/c1-4-18(3)19-10-12-21(13-11-19)35-15-14-32-17-20(22-8-6-7-9-24(22)32)16-23-26(29)33-28(30-27(23)34)36-25(5-2)31-33/h6-13,16-18,29H,4-5,14-15H2,1-3H3/b23-16-,29-26?. The predicted octanol–water partition coefficient (Wildman–Crippen LogP) is 6.26. The van der Waals surface area contributed by atoms with Crippen LogP contribution in [-0.2, 0) is 11.3 Å². The lowest BCUT2D eigenvalue weighted by molar-refractivity contribution is -0.114. The molecular formula is C28H29N5O2S. The number of hydrogen-bond acceptors (Lipinski definition) is 5. The second-order valence-corrected chi connectivity index (χ2v) is 9.93. The first-order valence-electron chi connectivity index (χ1n) is 12.3. The van der Waals surface area contributed by atoms with E-state index in [9.17, 15) is 4.79 Å². The molecule has 1 N–H and O–H groups in total. The molecule has 3 aromatic rings. The van der Waals surface area contributed by atoms with Gasteiger partial charge in [-0.2, -0.15) is 15.1 Å². The van der Waals surface area contributed by atoms with Gasteiger partial charge in [-0.1, -0.05) is 51.1 Å². The first kappa shape index (κ1) is 24.1. The minimum Gasteiger partial charge on any atom is -0.492 e. The monoisotopic (exact) mass is 499 g/mol. The number of thioether (sulfide) groups is 1. The van der Waals surface area contributed by atoms with Crippen LogP contribution in [0.5, 0.6) is 5.75 Å². The molecule has 0 saturated heterocycles. The van der Waals surface area contributed by atoms with Crippen molar-refractivity contribution in [3.8, 4) is 5.75 Å². The maximum Gasteiger partial charge on any atom is 0.283 e. The number of hydrazone groups is 1. The molecule has 2 aliphatic heterocycles. The zero-order valence-electron chi connectivity index (χ0n) is 20.7. The fraction of sp³-hybridized carbons (Fsp3) is 0.286. The molecule has 0 radical (unpaired) electrons. The number of benzene rings is 2. The third-order valence-corrected chi connectivity index (χ3v) is 7.63. The van der Waals surface area contributed by atoms with E-state index >= 15 is 0 Å². The van der Waals surface area contributed by atoms with Gasteiger partial charge in [0.1, 0.15) is 17.4 Å². The molecule has 0 bridgehead atoms. The molecule has 0 aliphatic carbocycles. The second-order valence-electron chi connectivity index (χ2n) is 8.89. The molecule has 2 aromatic carbocycles. The molecule has 1 amide bonds. The molecule has 5 rings (SSSR count). The van der Waals surface area contributed by atoms with Crippen molar-refractivity contribution in [3.63, 3.8) is 0 Å². The number of nitrogens with one attached hydrogen (secondary N) is 1. The van der Waals surface area contributed by atoms with Crippen LogP contribution >= 0.6 is 11.8 Å². The van der Waals surface area contributed by atoms with Gasteiger partial charge in [0, 0.05) is 22.7 Å². The number of ether oxygens (including phenoxy) is 1. The third kappa shape index (κ3) is 4.60. The normalized spacial score (nSPS) is 17.4. The highest BCUT2D eigenvalue weighted by Crippen LogP contribution is 2.31. The Labute approximate surface area is 215 Å². The Kier molecular flexibility index (Phi) is 6.78. The summed E-state index contributed by atoms with van der Waals surface area (Å²) >= 11 is 1.35. The SMILES string of the molecule is CCC1=NN2C(=N)/C(=C/c3cn(CCOc4ccc(C(C)CC)cc4)c4ccccc34)C(=O)N=C2S1. The molecule has 3 heterocycles. The molecule has 8 heteroatoms. The zero-order chi connectivity index (χ0) is 25.2. The fourth-order valence-electron chi connectivity index (χ4n) is 4.30. The van der Waals surface area contributed by atoms with Crippen molar-refractivity contribution < 1.29 is 9.53 Å². The molecule has 1 atom stereocenters. The van der Waals surface area contributed by atoms with Gasteiger partial charge in [-0.05, 0) is 60.4 Å². The van der Waals surface area contributed by atoms with Crippen molar-refractivity contribution in [1.82, 2.24) is 9.58 Å². The van der Waals surface area contributed by atoms with E-state index in [1.807, 2.05) is 43.5 Å². The highest BCUT2D eigenvalue weighted by Gasteiger charge is 2.35. The zero-order valence-corrected chi connectivity index (χ0v) is 21.5. The molecule has 36 heavy (non-hydrogen) atoms. The number of para-hydroxylation sites is 1. The number of nitrogens with zero attached hydrogens (tertiary/aromatic N) is 4. The molecule has 0 saturated carbocycles. The van der Waals surface area contributed by atoms with E-state index in [0.717, 1.165) is 40.1 Å². The van der Waals surface area contributed by atoms with Crippen LogP contribution in [0.1, 0.15) is 50.7 Å². The minimum atomic E-state index is -0.410. The quantitative estimate of drug-likeness (QED) is 0.371. The number of rotatable bonds is 8. The largest absolute Gasteiger partial charge is 0.492 e. The minimum absolute atomic E-state index is 0.0574. The molecule has 184 valence electrons. The third-order valence-electron chi connectivity index (χ3n) is 6.58. The molecule has 0 fully saturated rings. The maximum absolute atomic E-state index is 12.8. The van der Waals surface area contributed by atoms with Crippen LogP contribution in [0.25, 0.3) is 17.0 Å². The maximum atomic E-state index is 12.8. The number of aromatic nitrogens is 1. The van der Waals surface area contributed by atoms with Crippen LogP contribution < -0.4 is 4.74 Å². The molecule has 0 spiro atoms.